The average Bonchev–Trinajstić information content (AvgIpc) is 3.92. The molecule has 3 heteroatoms. The van der Waals surface area contributed by atoms with Crippen LogP contribution in [-0.2, 0) is 0 Å². The van der Waals surface area contributed by atoms with E-state index in [9.17, 15) is 0 Å². The molecule has 12 aromatic rings. The normalized spacial score (nSPS) is 11.5. The highest BCUT2D eigenvalue weighted by molar-refractivity contribution is 6.18. The molecule has 0 aliphatic rings. The molecular formula is C60H40N2O. The first-order valence-corrected chi connectivity index (χ1v) is 21.5. The predicted octanol–water partition coefficient (Wildman–Crippen LogP) is 16.8. The molecule has 0 amide bonds. The molecule has 0 saturated heterocycles. The second-order valence-corrected chi connectivity index (χ2v) is 16.0. The fourth-order valence-corrected chi connectivity index (χ4v) is 9.56. The van der Waals surface area contributed by atoms with Crippen LogP contribution in [0.25, 0.3) is 93.9 Å². The molecule has 2 aromatic heterocycles. The molecule has 2 heterocycles. The first-order chi connectivity index (χ1) is 31.3. The fraction of sp³-hybridized carbons (Fsp3) is 0. The molecule has 0 fully saturated rings. The summed E-state index contributed by atoms with van der Waals surface area (Å²) in [7, 11) is 0. The van der Waals surface area contributed by atoms with Gasteiger partial charge in [0.1, 0.15) is 11.2 Å². The molecule has 0 radical (unpaired) electrons. The average molecular weight is 805 g/mol. The molecule has 12 rings (SSSR count). The van der Waals surface area contributed by atoms with Crippen LogP contribution in [0.2, 0.25) is 0 Å². The summed E-state index contributed by atoms with van der Waals surface area (Å²) in [4.78, 5) is 2.38. The Balaban J connectivity index is 1.02. The van der Waals surface area contributed by atoms with Crippen LogP contribution in [0.1, 0.15) is 0 Å². The molecule has 0 aliphatic heterocycles. The minimum Gasteiger partial charge on any atom is -0.455 e. The van der Waals surface area contributed by atoms with Crippen molar-refractivity contribution in [3.63, 3.8) is 0 Å². The summed E-state index contributed by atoms with van der Waals surface area (Å²) in [6.07, 6.45) is 0. The van der Waals surface area contributed by atoms with Gasteiger partial charge in [-0.05, 0) is 106 Å². The van der Waals surface area contributed by atoms with E-state index in [-0.39, 0.29) is 0 Å². The Bertz CT molecular complexity index is 3590. The van der Waals surface area contributed by atoms with E-state index in [1.807, 2.05) is 6.07 Å². The summed E-state index contributed by atoms with van der Waals surface area (Å²) in [5, 5.41) is 4.65. The maximum Gasteiger partial charge on any atom is 0.145 e. The number of furan rings is 1. The number of benzene rings is 10. The van der Waals surface area contributed by atoms with Gasteiger partial charge in [0.25, 0.3) is 0 Å². The lowest BCUT2D eigenvalue weighted by Crippen LogP contribution is -2.10. The molecule has 0 bridgehead atoms. The highest BCUT2D eigenvalue weighted by atomic mass is 16.3. The summed E-state index contributed by atoms with van der Waals surface area (Å²) < 4.78 is 9.15. The molecule has 296 valence electrons. The SMILES string of the molecule is c1ccc(-c2ccc(N(c3ccc(-c4ccccc4-c4cccc5c4c4ccccc4n5-c4ccccc4)cc3)c3ccc(-c4ccccc4)c4oc5ccccc5c34)cc2)cc1. The van der Waals surface area contributed by atoms with Crippen LogP contribution in [0.4, 0.5) is 17.1 Å². The van der Waals surface area contributed by atoms with E-state index in [0.717, 1.165) is 61.4 Å². The zero-order valence-electron chi connectivity index (χ0n) is 34.4. The zero-order chi connectivity index (χ0) is 41.7. The van der Waals surface area contributed by atoms with Gasteiger partial charge in [0.2, 0.25) is 0 Å². The number of anilines is 3. The Hall–Kier alpha value is -8.40. The number of hydrogen-bond acceptors (Lipinski definition) is 2. The zero-order valence-corrected chi connectivity index (χ0v) is 34.4. The number of nitrogens with zero attached hydrogens (tertiary/aromatic N) is 2. The van der Waals surface area contributed by atoms with Gasteiger partial charge in [-0.15, -0.1) is 0 Å². The molecule has 0 atom stereocenters. The third-order valence-electron chi connectivity index (χ3n) is 12.4. The van der Waals surface area contributed by atoms with Crippen molar-refractivity contribution in [3.05, 3.63) is 243 Å². The molecule has 0 unspecified atom stereocenters. The van der Waals surface area contributed by atoms with Crippen molar-refractivity contribution in [2.75, 3.05) is 4.90 Å². The third-order valence-corrected chi connectivity index (χ3v) is 12.4. The first kappa shape index (κ1) is 36.5. The molecule has 63 heavy (non-hydrogen) atoms. The van der Waals surface area contributed by atoms with Crippen molar-refractivity contribution in [1.82, 2.24) is 4.57 Å². The Kier molecular flexibility index (Phi) is 8.83. The largest absolute Gasteiger partial charge is 0.455 e. The summed E-state index contributed by atoms with van der Waals surface area (Å²) in [5.74, 6) is 0. The number of hydrogen-bond donors (Lipinski definition) is 0. The van der Waals surface area contributed by atoms with E-state index in [1.165, 1.54) is 49.6 Å². The highest BCUT2D eigenvalue weighted by Gasteiger charge is 2.23. The predicted molar refractivity (Wildman–Crippen MR) is 264 cm³/mol. The van der Waals surface area contributed by atoms with Gasteiger partial charge in [-0.25, -0.2) is 0 Å². The van der Waals surface area contributed by atoms with Crippen LogP contribution in [0.3, 0.4) is 0 Å². The lowest BCUT2D eigenvalue weighted by atomic mass is 9.92. The summed E-state index contributed by atoms with van der Waals surface area (Å²) in [5.41, 5.74) is 17.7. The van der Waals surface area contributed by atoms with Crippen LogP contribution in [-0.4, -0.2) is 4.57 Å². The van der Waals surface area contributed by atoms with E-state index in [1.54, 1.807) is 0 Å². The van der Waals surface area contributed by atoms with E-state index >= 15 is 0 Å². The van der Waals surface area contributed by atoms with E-state index < -0.39 is 0 Å². The molecule has 0 aliphatic carbocycles. The van der Waals surface area contributed by atoms with Gasteiger partial charge in [-0.3, -0.25) is 0 Å². The third kappa shape index (κ3) is 6.21. The Morgan fingerprint density at radius 1 is 0.317 bits per heavy atom. The number of para-hydroxylation sites is 3. The quantitative estimate of drug-likeness (QED) is 0.153. The molecule has 0 N–H and O–H groups in total. The van der Waals surface area contributed by atoms with E-state index in [2.05, 4.69) is 246 Å². The minimum absolute atomic E-state index is 0.866. The topological polar surface area (TPSA) is 21.3 Å². The van der Waals surface area contributed by atoms with Gasteiger partial charge < -0.3 is 13.9 Å². The second-order valence-electron chi connectivity index (χ2n) is 16.0. The Morgan fingerprint density at radius 2 is 0.841 bits per heavy atom. The smallest absolute Gasteiger partial charge is 0.145 e. The van der Waals surface area contributed by atoms with Crippen LogP contribution in [0.15, 0.2) is 247 Å². The van der Waals surface area contributed by atoms with Crippen LogP contribution < -0.4 is 4.90 Å². The maximum absolute atomic E-state index is 6.77. The van der Waals surface area contributed by atoms with Gasteiger partial charge in [0, 0.05) is 38.8 Å². The molecule has 0 saturated carbocycles. The van der Waals surface area contributed by atoms with Crippen molar-refractivity contribution >= 4 is 60.8 Å². The van der Waals surface area contributed by atoms with Gasteiger partial charge in [0.15, 0.2) is 0 Å². The van der Waals surface area contributed by atoms with E-state index in [4.69, 9.17) is 4.42 Å². The maximum atomic E-state index is 6.77. The monoisotopic (exact) mass is 804 g/mol. The second kappa shape index (κ2) is 15.3. The van der Waals surface area contributed by atoms with E-state index in [0.29, 0.717) is 0 Å². The van der Waals surface area contributed by atoms with Crippen LogP contribution >= 0.6 is 0 Å². The van der Waals surface area contributed by atoms with Crippen LogP contribution in [0.5, 0.6) is 0 Å². The first-order valence-electron chi connectivity index (χ1n) is 21.5. The molecular weight excluding hydrogens is 765 g/mol. The molecule has 10 aromatic carbocycles. The lowest BCUT2D eigenvalue weighted by Gasteiger charge is -2.27. The van der Waals surface area contributed by atoms with Crippen molar-refractivity contribution in [3.8, 4) is 50.2 Å². The fourth-order valence-electron chi connectivity index (χ4n) is 9.56. The Labute approximate surface area is 366 Å². The van der Waals surface area contributed by atoms with Gasteiger partial charge in [-0.2, -0.15) is 0 Å². The number of fused-ring (bicyclic) bond motifs is 6. The lowest BCUT2D eigenvalue weighted by molar-refractivity contribution is 0.670. The number of aromatic nitrogens is 1. The minimum atomic E-state index is 0.866. The van der Waals surface area contributed by atoms with Gasteiger partial charge in [0.05, 0.1) is 22.1 Å². The summed E-state index contributed by atoms with van der Waals surface area (Å²) >= 11 is 0. The van der Waals surface area contributed by atoms with Gasteiger partial charge >= 0.3 is 0 Å². The van der Waals surface area contributed by atoms with Gasteiger partial charge in [-0.1, -0.05) is 176 Å². The Morgan fingerprint density at radius 3 is 1.57 bits per heavy atom. The van der Waals surface area contributed by atoms with Crippen molar-refractivity contribution in [1.29, 1.82) is 0 Å². The molecule has 3 nitrogen and oxygen atoms in total. The highest BCUT2D eigenvalue weighted by Crippen LogP contribution is 2.47. The summed E-state index contributed by atoms with van der Waals surface area (Å²) in [6.45, 7) is 0. The number of rotatable bonds is 8. The standard InChI is InChI=1S/C60H40N2O/c1-4-17-41(18-5-1)42-31-35-46(36-32-42)61(56-40-39-49(43-19-6-2-7-20-43)60-59(56)53-26-13-15-30-57(53)63-60)47-37-33-44(34-38-47)48-23-10-11-24-50(48)51-27-16-29-55-58(51)52-25-12-14-28-54(52)62(55)45-21-8-3-9-22-45/h1-40H. The summed E-state index contributed by atoms with van der Waals surface area (Å²) in [6, 6.07) is 86.9. The van der Waals surface area contributed by atoms with Crippen molar-refractivity contribution in [2.24, 2.45) is 0 Å². The van der Waals surface area contributed by atoms with Crippen LogP contribution in [0, 0.1) is 0 Å². The van der Waals surface area contributed by atoms with Crippen molar-refractivity contribution < 1.29 is 4.42 Å². The molecule has 0 spiro atoms. The van der Waals surface area contributed by atoms with Crippen molar-refractivity contribution in [2.45, 2.75) is 0 Å².